The summed E-state index contributed by atoms with van der Waals surface area (Å²) in [4.78, 5) is 13.4. The zero-order valence-corrected chi connectivity index (χ0v) is 13.1. The number of benzene rings is 1. The fraction of sp³-hybridized carbons (Fsp3) is 0.400. The van der Waals surface area contributed by atoms with Crippen LogP contribution in [0.4, 0.5) is 0 Å². The van der Waals surface area contributed by atoms with Crippen molar-refractivity contribution in [2.75, 3.05) is 25.6 Å². The molecule has 0 atom stereocenters. The zero-order chi connectivity index (χ0) is 15.5. The molecule has 1 amide bonds. The van der Waals surface area contributed by atoms with E-state index >= 15 is 0 Å². The van der Waals surface area contributed by atoms with Crippen LogP contribution in [0.3, 0.4) is 0 Å². The quantitative estimate of drug-likeness (QED) is 0.813. The molecule has 0 radical (unpaired) electrons. The topological polar surface area (TPSA) is 59.4 Å². The van der Waals surface area contributed by atoms with Gasteiger partial charge in [0.1, 0.15) is 9.84 Å². The van der Waals surface area contributed by atoms with Gasteiger partial charge in [-0.3, -0.25) is 4.79 Å². The monoisotopic (exact) mass is 308 g/mol. The van der Waals surface area contributed by atoms with Crippen LogP contribution in [0, 0.1) is 0 Å². The Kier molecular flexibility index (Phi) is 4.67. The fourth-order valence-corrected chi connectivity index (χ4v) is 2.73. The van der Waals surface area contributed by atoms with Crippen molar-refractivity contribution in [3.05, 3.63) is 36.5 Å². The predicted molar refractivity (Wildman–Crippen MR) is 83.9 cm³/mol. The fourth-order valence-electron chi connectivity index (χ4n) is 2.18. The van der Waals surface area contributed by atoms with Crippen LogP contribution in [0.25, 0.3) is 10.9 Å². The highest BCUT2D eigenvalue weighted by molar-refractivity contribution is 7.90. The van der Waals surface area contributed by atoms with Crippen LogP contribution in [0.1, 0.15) is 6.42 Å². The number of amides is 1. The van der Waals surface area contributed by atoms with Crippen molar-refractivity contribution in [1.82, 2.24) is 9.47 Å². The predicted octanol–water partition coefficient (Wildman–Crippen LogP) is 1.53. The Morgan fingerprint density at radius 1 is 1.24 bits per heavy atom. The molecule has 0 unspecified atom stereocenters. The van der Waals surface area contributed by atoms with Crippen molar-refractivity contribution >= 4 is 26.6 Å². The highest BCUT2D eigenvalue weighted by Crippen LogP contribution is 2.14. The van der Waals surface area contributed by atoms with Gasteiger partial charge in [-0.25, -0.2) is 8.42 Å². The minimum absolute atomic E-state index is 0.0434. The van der Waals surface area contributed by atoms with Crippen LogP contribution in [0.2, 0.25) is 0 Å². The Bertz CT molecular complexity index is 734. The van der Waals surface area contributed by atoms with Crippen molar-refractivity contribution < 1.29 is 13.2 Å². The Morgan fingerprint density at radius 2 is 1.95 bits per heavy atom. The van der Waals surface area contributed by atoms with E-state index in [2.05, 4.69) is 4.57 Å². The van der Waals surface area contributed by atoms with Crippen LogP contribution in [0.5, 0.6) is 0 Å². The number of carbonyl (C=O) groups is 1. The van der Waals surface area contributed by atoms with Gasteiger partial charge >= 0.3 is 0 Å². The van der Waals surface area contributed by atoms with Crippen LogP contribution >= 0.6 is 0 Å². The summed E-state index contributed by atoms with van der Waals surface area (Å²) in [7, 11) is -1.39. The van der Waals surface area contributed by atoms with Gasteiger partial charge in [0.2, 0.25) is 5.91 Å². The third kappa shape index (κ3) is 4.32. The molecule has 0 spiro atoms. The summed E-state index contributed by atoms with van der Waals surface area (Å²) < 4.78 is 24.2. The van der Waals surface area contributed by atoms with E-state index in [1.165, 1.54) is 5.39 Å². The van der Waals surface area contributed by atoms with Gasteiger partial charge in [-0.15, -0.1) is 0 Å². The number of aromatic nitrogens is 1. The lowest BCUT2D eigenvalue weighted by atomic mass is 10.2. The first-order valence-corrected chi connectivity index (χ1v) is 8.88. The second kappa shape index (κ2) is 6.30. The second-order valence-electron chi connectivity index (χ2n) is 5.26. The summed E-state index contributed by atoms with van der Waals surface area (Å²) in [5.41, 5.74) is 1.13. The molecule has 114 valence electrons. The lowest BCUT2D eigenvalue weighted by Gasteiger charge is -2.17. The van der Waals surface area contributed by atoms with Crippen molar-refractivity contribution in [1.29, 1.82) is 0 Å². The summed E-state index contributed by atoms with van der Waals surface area (Å²) >= 11 is 0. The van der Waals surface area contributed by atoms with Gasteiger partial charge in [0.25, 0.3) is 0 Å². The minimum Gasteiger partial charge on any atom is -0.346 e. The van der Waals surface area contributed by atoms with E-state index in [0.717, 1.165) is 11.8 Å². The summed E-state index contributed by atoms with van der Waals surface area (Å²) in [6.45, 7) is 1.25. The normalized spacial score (nSPS) is 11.7. The molecule has 6 heteroatoms. The molecule has 0 fully saturated rings. The largest absolute Gasteiger partial charge is 0.346 e. The van der Waals surface area contributed by atoms with E-state index in [9.17, 15) is 13.2 Å². The Labute approximate surface area is 125 Å². The van der Waals surface area contributed by atoms with Crippen LogP contribution in [0.15, 0.2) is 36.5 Å². The molecule has 0 aliphatic carbocycles. The third-order valence-corrected chi connectivity index (χ3v) is 4.41. The lowest BCUT2D eigenvalue weighted by molar-refractivity contribution is -0.129. The van der Waals surface area contributed by atoms with Crippen LogP contribution < -0.4 is 0 Å². The molecule has 0 N–H and O–H groups in total. The number of carbonyl (C=O) groups excluding carboxylic acids is 1. The second-order valence-corrected chi connectivity index (χ2v) is 7.52. The van der Waals surface area contributed by atoms with Crippen molar-refractivity contribution in [3.8, 4) is 0 Å². The maximum atomic E-state index is 11.9. The highest BCUT2D eigenvalue weighted by atomic mass is 32.2. The number of sulfone groups is 1. The van der Waals surface area contributed by atoms with E-state index in [4.69, 9.17) is 0 Å². The van der Waals surface area contributed by atoms with Gasteiger partial charge in [-0.1, -0.05) is 18.2 Å². The molecular weight excluding hydrogens is 288 g/mol. The van der Waals surface area contributed by atoms with Gasteiger partial charge in [-0.2, -0.15) is 0 Å². The Morgan fingerprint density at radius 3 is 2.67 bits per heavy atom. The zero-order valence-electron chi connectivity index (χ0n) is 12.3. The van der Waals surface area contributed by atoms with E-state index in [0.29, 0.717) is 13.1 Å². The number of hydrogen-bond donors (Lipinski definition) is 0. The summed E-state index contributed by atoms with van der Waals surface area (Å²) in [5, 5.41) is 1.17. The number of likely N-dealkylation sites (N-methyl/N-ethyl adjacent to an activating group) is 1. The summed E-state index contributed by atoms with van der Waals surface area (Å²) in [6.07, 6.45) is 3.19. The lowest BCUT2D eigenvalue weighted by Crippen LogP contribution is -2.31. The van der Waals surface area contributed by atoms with Crippen LogP contribution in [-0.2, 0) is 21.2 Å². The molecule has 0 aliphatic heterocycles. The minimum atomic E-state index is -3.09. The average molecular weight is 308 g/mol. The first-order chi connectivity index (χ1) is 9.87. The molecule has 2 aromatic rings. The first kappa shape index (κ1) is 15.6. The molecular formula is C15H20N2O3S. The Balaban J connectivity index is 1.92. The first-order valence-electron chi connectivity index (χ1n) is 6.82. The average Bonchev–Trinajstić information content (AvgIpc) is 2.84. The number of nitrogens with zero attached hydrogens (tertiary/aromatic N) is 2. The van der Waals surface area contributed by atoms with E-state index < -0.39 is 9.84 Å². The van der Waals surface area contributed by atoms with Crippen molar-refractivity contribution in [2.24, 2.45) is 0 Å². The number of fused-ring (bicyclic) bond motifs is 1. The maximum absolute atomic E-state index is 11.9. The molecule has 0 saturated heterocycles. The SMILES string of the molecule is CN(CCn1ccc2ccccc21)C(=O)CCS(C)(=O)=O. The molecule has 0 aliphatic rings. The van der Waals surface area contributed by atoms with E-state index in [1.54, 1.807) is 11.9 Å². The summed E-state index contributed by atoms with van der Waals surface area (Å²) in [6, 6.07) is 10.1. The maximum Gasteiger partial charge on any atom is 0.223 e. The van der Waals surface area contributed by atoms with E-state index in [-0.39, 0.29) is 18.1 Å². The van der Waals surface area contributed by atoms with Crippen LogP contribution in [-0.4, -0.2) is 49.4 Å². The number of para-hydroxylation sites is 1. The highest BCUT2D eigenvalue weighted by Gasteiger charge is 2.12. The molecule has 1 aromatic carbocycles. The smallest absolute Gasteiger partial charge is 0.223 e. The van der Waals surface area contributed by atoms with Crippen molar-refractivity contribution in [3.63, 3.8) is 0 Å². The third-order valence-electron chi connectivity index (χ3n) is 3.47. The molecule has 1 aromatic heterocycles. The number of hydrogen-bond acceptors (Lipinski definition) is 3. The van der Waals surface area contributed by atoms with Gasteiger partial charge in [-0.05, 0) is 17.5 Å². The van der Waals surface area contributed by atoms with Gasteiger partial charge in [0.05, 0.1) is 5.75 Å². The van der Waals surface area contributed by atoms with Gasteiger partial charge in [0, 0.05) is 44.5 Å². The molecule has 2 rings (SSSR count). The molecule has 21 heavy (non-hydrogen) atoms. The standard InChI is InChI=1S/C15H20N2O3S/c1-16(15(18)8-12-21(2,19)20)10-11-17-9-7-13-5-3-4-6-14(13)17/h3-7,9H,8,10-12H2,1-2H3. The molecule has 5 nitrogen and oxygen atoms in total. The van der Waals surface area contributed by atoms with Crippen molar-refractivity contribution in [2.45, 2.75) is 13.0 Å². The summed E-state index contributed by atoms with van der Waals surface area (Å²) in [5.74, 6) is -0.236. The molecule has 0 saturated carbocycles. The molecule has 0 bridgehead atoms. The van der Waals surface area contributed by atoms with Gasteiger partial charge in [0.15, 0.2) is 0 Å². The number of rotatable bonds is 6. The van der Waals surface area contributed by atoms with Gasteiger partial charge < -0.3 is 9.47 Å². The molecule has 1 heterocycles. The van der Waals surface area contributed by atoms with E-state index in [1.807, 2.05) is 36.5 Å². The Hall–Kier alpha value is -1.82.